The zero-order valence-electron chi connectivity index (χ0n) is 12.4. The number of anilines is 1. The molecule has 4 nitrogen and oxygen atoms in total. The van der Waals surface area contributed by atoms with Crippen molar-refractivity contribution in [1.82, 2.24) is 0 Å². The number of nitrogens with zero attached hydrogens (tertiary/aromatic N) is 1. The van der Waals surface area contributed by atoms with Crippen LogP contribution < -0.4 is 10.6 Å². The second-order valence-corrected chi connectivity index (χ2v) is 6.53. The highest BCUT2D eigenvalue weighted by atomic mass is 32.1. The third-order valence-corrected chi connectivity index (χ3v) is 5.04. The van der Waals surface area contributed by atoms with Gasteiger partial charge in [0.05, 0.1) is 10.4 Å². The summed E-state index contributed by atoms with van der Waals surface area (Å²) in [4.78, 5) is 26.4. The molecule has 0 aliphatic carbocycles. The monoisotopic (exact) mass is 314 g/mol. The minimum absolute atomic E-state index is 0.0564. The highest BCUT2D eigenvalue weighted by molar-refractivity contribution is 7.12. The van der Waals surface area contributed by atoms with Crippen LogP contribution in [0.1, 0.15) is 51.3 Å². The first-order valence-electron chi connectivity index (χ1n) is 7.37. The van der Waals surface area contributed by atoms with Crippen molar-refractivity contribution in [2.24, 2.45) is 5.73 Å². The van der Waals surface area contributed by atoms with Gasteiger partial charge < -0.3 is 10.6 Å². The summed E-state index contributed by atoms with van der Waals surface area (Å²) in [6, 6.07) is 9.65. The lowest BCUT2D eigenvalue weighted by atomic mass is 9.96. The third-order valence-electron chi connectivity index (χ3n) is 4.12. The number of hydrogen-bond donors (Lipinski definition) is 1. The van der Waals surface area contributed by atoms with Gasteiger partial charge in [-0.1, -0.05) is 25.1 Å². The lowest BCUT2D eigenvalue weighted by molar-refractivity contribution is 0.0990. The fraction of sp³-hybridized carbons (Fsp3) is 0.294. The molecule has 0 saturated heterocycles. The molecule has 1 aliphatic rings. The number of carbonyl (C=O) groups excluding carboxylic acids is 2. The van der Waals surface area contributed by atoms with E-state index in [9.17, 15) is 9.59 Å². The molecular formula is C17H18N2O2S. The van der Waals surface area contributed by atoms with E-state index in [-0.39, 0.29) is 5.91 Å². The molecule has 3 rings (SSSR count). The van der Waals surface area contributed by atoms with Crippen LogP contribution in [0.2, 0.25) is 0 Å². The summed E-state index contributed by atoms with van der Waals surface area (Å²) in [5.41, 5.74) is 7.85. The molecule has 0 fully saturated rings. The van der Waals surface area contributed by atoms with Gasteiger partial charge >= 0.3 is 0 Å². The average molecular weight is 314 g/mol. The van der Waals surface area contributed by atoms with Crippen LogP contribution in [0.25, 0.3) is 0 Å². The molecular weight excluding hydrogens is 296 g/mol. The lowest BCUT2D eigenvalue weighted by Crippen LogP contribution is -2.31. The van der Waals surface area contributed by atoms with Gasteiger partial charge in [0, 0.05) is 17.6 Å². The topological polar surface area (TPSA) is 63.4 Å². The highest BCUT2D eigenvalue weighted by Crippen LogP contribution is 2.35. The van der Waals surface area contributed by atoms with Crippen LogP contribution in [0.3, 0.4) is 0 Å². The van der Waals surface area contributed by atoms with E-state index in [0.29, 0.717) is 22.9 Å². The van der Waals surface area contributed by atoms with Crippen molar-refractivity contribution in [3.8, 4) is 0 Å². The molecule has 2 heterocycles. The average Bonchev–Trinajstić information content (AvgIpc) is 2.95. The maximum atomic E-state index is 12.8. The van der Waals surface area contributed by atoms with Gasteiger partial charge in [-0.25, -0.2) is 0 Å². The van der Waals surface area contributed by atoms with E-state index in [4.69, 9.17) is 5.73 Å². The van der Waals surface area contributed by atoms with Crippen molar-refractivity contribution in [3.05, 3.63) is 51.7 Å². The molecule has 1 aliphatic heterocycles. The van der Waals surface area contributed by atoms with Crippen LogP contribution in [0.4, 0.5) is 5.69 Å². The van der Waals surface area contributed by atoms with Gasteiger partial charge in [-0.15, -0.1) is 11.3 Å². The Hall–Kier alpha value is -2.14. The van der Waals surface area contributed by atoms with Crippen molar-refractivity contribution in [2.75, 3.05) is 11.4 Å². The fourth-order valence-corrected chi connectivity index (χ4v) is 3.75. The largest absolute Gasteiger partial charge is 0.366 e. The van der Waals surface area contributed by atoms with Gasteiger partial charge in [0.25, 0.3) is 5.91 Å². The van der Waals surface area contributed by atoms with Crippen molar-refractivity contribution in [1.29, 1.82) is 0 Å². The normalized spacial score (nSPS) is 17.7. The molecule has 1 aromatic heterocycles. The van der Waals surface area contributed by atoms with Gasteiger partial charge in [0.1, 0.15) is 0 Å². The molecule has 1 atom stereocenters. The summed E-state index contributed by atoms with van der Waals surface area (Å²) >= 11 is 1.27. The first-order valence-corrected chi connectivity index (χ1v) is 8.25. The Morgan fingerprint density at radius 3 is 2.82 bits per heavy atom. The zero-order valence-corrected chi connectivity index (χ0v) is 13.2. The molecule has 0 saturated carbocycles. The Kier molecular flexibility index (Phi) is 3.98. The molecule has 22 heavy (non-hydrogen) atoms. The number of para-hydroxylation sites is 1. The molecule has 2 N–H and O–H groups in total. The quantitative estimate of drug-likeness (QED) is 0.923. The molecule has 2 aromatic rings. The number of carbonyl (C=O) groups is 2. The van der Waals surface area contributed by atoms with Gasteiger partial charge in [0.15, 0.2) is 0 Å². The zero-order chi connectivity index (χ0) is 15.7. The third kappa shape index (κ3) is 2.64. The predicted octanol–water partition coefficient (Wildman–Crippen LogP) is 3.39. The van der Waals surface area contributed by atoms with Crippen LogP contribution in [-0.2, 0) is 0 Å². The SMILES string of the molecule is C[C@@H]1CCCN(C(=O)c2cc(C(N)=O)cs2)c2ccccc21. The maximum absolute atomic E-state index is 12.8. The Morgan fingerprint density at radius 1 is 1.32 bits per heavy atom. The van der Waals surface area contributed by atoms with E-state index in [1.807, 2.05) is 23.1 Å². The molecule has 0 bridgehead atoms. The molecule has 0 unspecified atom stereocenters. The van der Waals surface area contributed by atoms with Crippen molar-refractivity contribution in [2.45, 2.75) is 25.7 Å². The van der Waals surface area contributed by atoms with E-state index in [1.54, 1.807) is 11.4 Å². The number of primary amides is 1. The number of rotatable bonds is 2. The molecule has 0 radical (unpaired) electrons. The Labute approximate surface area is 133 Å². The van der Waals surface area contributed by atoms with E-state index in [2.05, 4.69) is 13.0 Å². The smallest absolute Gasteiger partial charge is 0.268 e. The second-order valence-electron chi connectivity index (χ2n) is 5.62. The molecule has 0 spiro atoms. The van der Waals surface area contributed by atoms with E-state index in [0.717, 1.165) is 18.5 Å². The summed E-state index contributed by atoms with van der Waals surface area (Å²) in [6.07, 6.45) is 2.04. The number of fused-ring (bicyclic) bond motifs is 1. The van der Waals surface area contributed by atoms with Crippen molar-refractivity contribution in [3.63, 3.8) is 0 Å². The van der Waals surface area contributed by atoms with Crippen LogP contribution in [0.5, 0.6) is 0 Å². The Balaban J connectivity index is 1.97. The first-order chi connectivity index (χ1) is 10.6. The highest BCUT2D eigenvalue weighted by Gasteiger charge is 2.26. The lowest BCUT2D eigenvalue weighted by Gasteiger charge is -2.23. The van der Waals surface area contributed by atoms with E-state index >= 15 is 0 Å². The van der Waals surface area contributed by atoms with Gasteiger partial charge in [-0.3, -0.25) is 9.59 Å². The maximum Gasteiger partial charge on any atom is 0.268 e. The standard InChI is InChI=1S/C17H18N2O2S/c1-11-5-4-8-19(14-7-3-2-6-13(11)14)17(21)15-9-12(10-22-15)16(18)20/h2-3,6-7,9-11H,4-5,8H2,1H3,(H2,18,20)/t11-/m1/s1. The molecule has 114 valence electrons. The minimum atomic E-state index is -0.500. The molecule has 2 amide bonds. The molecule has 1 aromatic carbocycles. The second kappa shape index (κ2) is 5.93. The number of nitrogens with two attached hydrogens (primary N) is 1. The van der Waals surface area contributed by atoms with Gasteiger partial charge in [-0.2, -0.15) is 0 Å². The van der Waals surface area contributed by atoms with E-state index < -0.39 is 5.91 Å². The van der Waals surface area contributed by atoms with Crippen LogP contribution in [0, 0.1) is 0 Å². The van der Waals surface area contributed by atoms with Crippen molar-refractivity contribution < 1.29 is 9.59 Å². The van der Waals surface area contributed by atoms with E-state index in [1.165, 1.54) is 16.9 Å². The first kappa shape index (κ1) is 14.8. The summed E-state index contributed by atoms with van der Waals surface area (Å²) in [6.45, 7) is 2.90. The Bertz CT molecular complexity index is 723. The van der Waals surface area contributed by atoms with Crippen LogP contribution >= 0.6 is 11.3 Å². The fourth-order valence-electron chi connectivity index (χ4n) is 2.90. The summed E-state index contributed by atoms with van der Waals surface area (Å²) in [7, 11) is 0. The van der Waals surface area contributed by atoms with Crippen LogP contribution in [-0.4, -0.2) is 18.4 Å². The predicted molar refractivity (Wildman–Crippen MR) is 88.6 cm³/mol. The number of hydrogen-bond acceptors (Lipinski definition) is 3. The summed E-state index contributed by atoms with van der Waals surface area (Å²) in [5, 5.41) is 1.64. The number of benzene rings is 1. The van der Waals surface area contributed by atoms with Gasteiger partial charge in [-0.05, 0) is 36.5 Å². The summed E-state index contributed by atoms with van der Waals surface area (Å²) < 4.78 is 0. The van der Waals surface area contributed by atoms with Gasteiger partial charge in [0.2, 0.25) is 5.91 Å². The number of thiophene rings is 1. The summed E-state index contributed by atoms with van der Waals surface area (Å²) in [5.74, 6) is -0.113. The minimum Gasteiger partial charge on any atom is -0.366 e. The Morgan fingerprint density at radius 2 is 2.09 bits per heavy atom. The van der Waals surface area contributed by atoms with Crippen LogP contribution in [0.15, 0.2) is 35.7 Å². The number of amides is 2. The molecule has 5 heteroatoms. The van der Waals surface area contributed by atoms with Crippen molar-refractivity contribution >= 4 is 28.8 Å².